The van der Waals surface area contributed by atoms with Crippen LogP contribution in [-0.4, -0.2) is 113 Å². The number of carbonyl (C=O) groups is 3. The van der Waals surface area contributed by atoms with Crippen molar-refractivity contribution in [2.24, 2.45) is 0 Å². The largest absolute Gasteiger partial charge is 0.450 e. The third-order valence-corrected chi connectivity index (χ3v) is 8.36. The Labute approximate surface area is 313 Å². The normalized spacial score (nSPS) is 13.4. The van der Waals surface area contributed by atoms with E-state index in [1.165, 1.54) is 46.4 Å². The zero-order valence-electron chi connectivity index (χ0n) is 30.3. The van der Waals surface area contributed by atoms with Crippen molar-refractivity contribution in [2.75, 3.05) is 50.5 Å². The topological polar surface area (TPSA) is 309 Å². The number of nitrogens with two attached hydrogens (primary N) is 2. The molecule has 0 amide bonds. The van der Waals surface area contributed by atoms with Crippen LogP contribution < -0.4 is 11.5 Å². The number of aromatic nitrogens is 8. The number of carbonyl (C=O) groups excluding carboxylic acids is 3. The molecule has 3 atom stereocenters. The molecule has 4 aromatic heterocycles. The predicted molar refractivity (Wildman–Crippen MR) is 192 cm³/mol. The quantitative estimate of drug-likeness (QED) is 0.0452. The first-order valence-electron chi connectivity index (χ1n) is 15.5. The molecule has 0 bridgehead atoms. The molecule has 0 saturated carbocycles. The molecule has 0 radical (unpaired) electrons. The molecule has 4 aromatic rings. The molecule has 0 saturated heterocycles. The number of imidazole rings is 2. The number of nitrogens with zero attached hydrogens (tertiary/aromatic N) is 8. The molecule has 0 aliphatic heterocycles. The smallest absolute Gasteiger partial charge is 0.361 e. The van der Waals surface area contributed by atoms with Crippen LogP contribution in [0.3, 0.4) is 0 Å². The van der Waals surface area contributed by atoms with E-state index in [1.54, 1.807) is 22.4 Å². The maximum atomic E-state index is 12.7. The lowest BCUT2D eigenvalue weighted by atomic mass is 10.4. The molecular formula is C28H43ClN10O13P2. The van der Waals surface area contributed by atoms with Crippen LogP contribution in [0.2, 0.25) is 0 Å². The fraction of sp³-hybridized carbons (Fsp3) is 0.536. The second-order valence-electron chi connectivity index (χ2n) is 11.0. The summed E-state index contributed by atoms with van der Waals surface area (Å²) in [5.41, 5.74) is 13.6. The number of hydrogen-bond donors (Lipinski definition) is 3. The Hall–Kier alpha value is -4.34. The molecule has 26 heteroatoms. The highest BCUT2D eigenvalue weighted by molar-refractivity contribution is 7.56. The first kappa shape index (κ1) is 45.8. The minimum Gasteiger partial charge on any atom is -0.450 e. The molecule has 23 nitrogen and oxygen atoms in total. The first-order valence-corrected chi connectivity index (χ1v) is 20.1. The monoisotopic (exact) mass is 824 g/mol. The van der Waals surface area contributed by atoms with Gasteiger partial charge in [0.15, 0.2) is 29.0 Å². The van der Waals surface area contributed by atoms with Crippen LogP contribution in [0, 0.1) is 0 Å². The number of nitrogen functional groups attached to an aromatic ring is 2. The zero-order chi connectivity index (χ0) is 40.5. The number of esters is 3. The highest BCUT2D eigenvalue weighted by Crippen LogP contribution is 2.48. The molecule has 54 heavy (non-hydrogen) atoms. The predicted octanol–water partition coefficient (Wildman–Crippen LogP) is 2.46. The number of ether oxygens (including phenoxy) is 5. The van der Waals surface area contributed by atoms with Gasteiger partial charge in [0.2, 0.25) is 21.0 Å². The summed E-state index contributed by atoms with van der Waals surface area (Å²) in [6, 6.07) is -0.0463. The number of hydrogen-bond acceptors (Lipinski definition) is 20. The molecule has 0 aliphatic rings. The standard InChI is InChI=1S/C15H22N5O8P.C10H16N5O3P.C3H5ClO2/c1-10(4-20-6-19-13-14(16)17-5-18-15(13)20)26-9-29(23,27-7-24-11(2)21)28-8-25-12(3)22;1-7(18-6-19(2,16)17)3-15-5-14-8-9(11)12-4-13-10(8)15;1-3(5)6-2-4/h5-6,10H,4,7-9H2,1-3H3,(H2,16,17,18);4-5,7H,3,6H2,1-2H3,(H,16,17)(H2,11,12,13);2H2,1H3/t10-;7-;/m11./s1. The van der Waals surface area contributed by atoms with E-state index in [0.717, 1.165) is 0 Å². The highest BCUT2D eigenvalue weighted by atomic mass is 35.5. The summed E-state index contributed by atoms with van der Waals surface area (Å²) in [4.78, 5) is 64.9. The average Bonchev–Trinajstić information content (AvgIpc) is 3.68. The minimum atomic E-state index is -3.88. The summed E-state index contributed by atoms with van der Waals surface area (Å²) < 4.78 is 61.6. The second-order valence-corrected chi connectivity index (χ2v) is 15.6. The average molecular weight is 825 g/mol. The van der Waals surface area contributed by atoms with Crippen molar-refractivity contribution >= 4 is 78.4 Å². The summed E-state index contributed by atoms with van der Waals surface area (Å²) in [5.74, 6) is -1.02. The van der Waals surface area contributed by atoms with Crippen molar-refractivity contribution in [1.82, 2.24) is 39.0 Å². The molecule has 4 rings (SSSR count). The van der Waals surface area contributed by atoms with E-state index < -0.39 is 52.9 Å². The van der Waals surface area contributed by atoms with Gasteiger partial charge in [-0.1, -0.05) is 11.6 Å². The molecular weight excluding hydrogens is 782 g/mol. The Balaban J connectivity index is 0.000000344. The summed E-state index contributed by atoms with van der Waals surface area (Å²) >= 11 is 4.95. The van der Waals surface area contributed by atoms with Gasteiger partial charge in [-0.15, -0.1) is 0 Å². The van der Waals surface area contributed by atoms with Gasteiger partial charge in [0.05, 0.1) is 38.0 Å². The fourth-order valence-corrected chi connectivity index (χ4v) is 5.55. The molecule has 5 N–H and O–H groups in total. The minimum absolute atomic E-state index is 0.0463. The number of fused-ring (bicyclic) bond motifs is 2. The Morgan fingerprint density at radius 1 is 0.741 bits per heavy atom. The van der Waals surface area contributed by atoms with E-state index in [0.29, 0.717) is 41.2 Å². The Morgan fingerprint density at radius 2 is 1.15 bits per heavy atom. The lowest BCUT2D eigenvalue weighted by molar-refractivity contribution is -0.150. The molecule has 0 spiro atoms. The van der Waals surface area contributed by atoms with Crippen LogP contribution in [0.5, 0.6) is 0 Å². The van der Waals surface area contributed by atoms with E-state index in [-0.39, 0.29) is 30.3 Å². The first-order chi connectivity index (χ1) is 25.3. The van der Waals surface area contributed by atoms with Crippen molar-refractivity contribution in [2.45, 2.75) is 59.9 Å². The van der Waals surface area contributed by atoms with Crippen molar-refractivity contribution < 1.29 is 61.1 Å². The van der Waals surface area contributed by atoms with E-state index in [9.17, 15) is 28.4 Å². The summed E-state index contributed by atoms with van der Waals surface area (Å²) in [5, 5.41) is 0. The van der Waals surface area contributed by atoms with Gasteiger partial charge in [-0.25, -0.2) is 29.9 Å². The lowest BCUT2D eigenvalue weighted by Crippen LogP contribution is -2.19. The van der Waals surface area contributed by atoms with Gasteiger partial charge in [0.25, 0.3) is 0 Å². The SMILES string of the molecule is CC(=O)OCCl.CC(=O)OCOP(=O)(CO[C@H](C)Cn1cnc2c(N)ncnc21)OCOC(C)=O.C[C@H](Cn1cnc2c(N)ncnc21)OCP(C)(=O)O. The van der Waals surface area contributed by atoms with Gasteiger partial charge in [-0.3, -0.25) is 32.6 Å². The Kier molecular flexibility index (Phi) is 18.8. The maximum absolute atomic E-state index is 12.7. The summed E-state index contributed by atoms with van der Waals surface area (Å²) in [6.07, 6.45) is 4.47. The number of halogens is 1. The van der Waals surface area contributed by atoms with Gasteiger partial charge in [0.1, 0.15) is 36.4 Å². The van der Waals surface area contributed by atoms with Gasteiger partial charge in [0, 0.05) is 27.4 Å². The Bertz CT molecular complexity index is 1900. The summed E-state index contributed by atoms with van der Waals surface area (Å²) in [6.45, 7) is 8.00. The molecule has 1 unspecified atom stereocenters. The molecule has 0 aromatic carbocycles. The molecule has 4 heterocycles. The van der Waals surface area contributed by atoms with Crippen molar-refractivity contribution in [3.63, 3.8) is 0 Å². The van der Waals surface area contributed by atoms with E-state index in [4.69, 9.17) is 41.6 Å². The van der Waals surface area contributed by atoms with Crippen molar-refractivity contribution in [3.8, 4) is 0 Å². The Morgan fingerprint density at radius 3 is 1.50 bits per heavy atom. The van der Waals surface area contributed by atoms with Crippen LogP contribution in [0.4, 0.5) is 11.6 Å². The van der Waals surface area contributed by atoms with Gasteiger partial charge >= 0.3 is 25.5 Å². The third kappa shape index (κ3) is 16.8. The van der Waals surface area contributed by atoms with Crippen LogP contribution in [0.25, 0.3) is 22.3 Å². The van der Waals surface area contributed by atoms with Crippen molar-refractivity contribution in [1.29, 1.82) is 0 Å². The number of anilines is 2. The van der Waals surface area contributed by atoms with Gasteiger partial charge < -0.3 is 49.2 Å². The maximum Gasteiger partial charge on any atom is 0.361 e. The van der Waals surface area contributed by atoms with Crippen molar-refractivity contribution in [3.05, 3.63) is 25.3 Å². The van der Waals surface area contributed by atoms with E-state index in [2.05, 4.69) is 44.1 Å². The lowest BCUT2D eigenvalue weighted by Gasteiger charge is -2.20. The number of rotatable bonds is 17. The van der Waals surface area contributed by atoms with E-state index >= 15 is 0 Å². The van der Waals surface area contributed by atoms with Crippen LogP contribution >= 0.6 is 26.6 Å². The molecule has 300 valence electrons. The summed E-state index contributed by atoms with van der Waals surface area (Å²) in [7, 11) is -7.04. The second kappa shape index (κ2) is 22.1. The highest BCUT2D eigenvalue weighted by Gasteiger charge is 2.28. The fourth-order valence-electron chi connectivity index (χ4n) is 3.78. The van der Waals surface area contributed by atoms with Crippen LogP contribution in [-0.2, 0) is 69.3 Å². The molecule has 0 fully saturated rings. The third-order valence-electron chi connectivity index (χ3n) is 6.16. The zero-order valence-corrected chi connectivity index (χ0v) is 32.8. The van der Waals surface area contributed by atoms with Gasteiger partial charge in [-0.05, 0) is 13.8 Å². The molecule has 0 aliphatic carbocycles. The van der Waals surface area contributed by atoms with Gasteiger partial charge in [-0.2, -0.15) is 0 Å². The van der Waals surface area contributed by atoms with Crippen LogP contribution in [0.15, 0.2) is 25.3 Å². The number of alkyl halides is 1. The van der Waals surface area contributed by atoms with Crippen LogP contribution in [0.1, 0.15) is 34.6 Å². The van der Waals surface area contributed by atoms with E-state index in [1.807, 2.05) is 6.92 Å².